The number of unbranched alkanes of at least 4 members (excludes halogenated alkanes) is 1. The summed E-state index contributed by atoms with van der Waals surface area (Å²) in [5.41, 5.74) is 4.56. The van der Waals surface area contributed by atoms with Gasteiger partial charge in [0.05, 0.1) is 29.0 Å². The molecule has 1 aliphatic rings. The van der Waals surface area contributed by atoms with E-state index in [9.17, 15) is 13.0 Å². The highest BCUT2D eigenvalue weighted by Gasteiger charge is 2.29. The summed E-state index contributed by atoms with van der Waals surface area (Å²) >= 11 is 0. The largest absolute Gasteiger partial charge is 0.748 e. The van der Waals surface area contributed by atoms with E-state index in [1.54, 1.807) is 7.11 Å². The lowest BCUT2D eigenvalue weighted by Gasteiger charge is -2.18. The van der Waals surface area contributed by atoms with Gasteiger partial charge in [0.15, 0.2) is 5.75 Å². The maximum Gasteiger partial charge on any atom is 0.379 e. The van der Waals surface area contributed by atoms with E-state index in [0.717, 1.165) is 28.1 Å². The van der Waals surface area contributed by atoms with Gasteiger partial charge in [0, 0.05) is 12.3 Å². The Morgan fingerprint density at radius 2 is 1.83 bits per heavy atom. The van der Waals surface area contributed by atoms with Gasteiger partial charge in [-0.25, -0.2) is 8.42 Å². The van der Waals surface area contributed by atoms with Crippen LogP contribution < -0.4 is 18.9 Å². The maximum absolute atomic E-state index is 11.1. The molecule has 0 unspecified atom stereocenters. The molecule has 9 heteroatoms. The summed E-state index contributed by atoms with van der Waals surface area (Å²) in [6.07, 6.45) is 2.58. The highest BCUT2D eigenvalue weighted by molar-refractivity contribution is 7.85. The van der Waals surface area contributed by atoms with E-state index in [1.807, 2.05) is 83.3 Å². The van der Waals surface area contributed by atoms with Crippen molar-refractivity contribution in [1.29, 1.82) is 0 Å². The Morgan fingerprint density at radius 1 is 1.03 bits per heavy atom. The Kier molecular flexibility index (Phi) is 6.42. The van der Waals surface area contributed by atoms with E-state index in [1.165, 1.54) is 0 Å². The highest BCUT2D eigenvalue weighted by atomic mass is 32.2. The average molecular weight is 507 g/mol. The predicted molar refractivity (Wildman–Crippen MR) is 136 cm³/mol. The molecular formula is C27H26N2O6S. The molecule has 36 heavy (non-hydrogen) atoms. The number of hydrogen-bond acceptors (Lipinski definition) is 7. The van der Waals surface area contributed by atoms with Gasteiger partial charge in [0.1, 0.15) is 18.9 Å². The van der Waals surface area contributed by atoms with Crippen molar-refractivity contribution in [3.8, 4) is 22.6 Å². The molecule has 0 amide bonds. The van der Waals surface area contributed by atoms with E-state index in [2.05, 4.69) is 6.07 Å². The molecule has 0 radical (unpaired) electrons. The Bertz CT molecular complexity index is 1540. The van der Waals surface area contributed by atoms with Crippen molar-refractivity contribution in [3.05, 3.63) is 78.5 Å². The molecule has 0 N–H and O–H groups in total. The Balaban J connectivity index is 1.51. The molecule has 0 spiro atoms. The van der Waals surface area contributed by atoms with Crippen LogP contribution in [-0.4, -0.2) is 32.4 Å². The van der Waals surface area contributed by atoms with Crippen molar-refractivity contribution in [2.75, 3.05) is 24.3 Å². The zero-order valence-corrected chi connectivity index (χ0v) is 20.8. The minimum atomic E-state index is -4.25. The van der Waals surface area contributed by atoms with Crippen LogP contribution >= 0.6 is 0 Å². The van der Waals surface area contributed by atoms with Crippen LogP contribution in [0.5, 0.6) is 11.5 Å². The zero-order valence-electron chi connectivity index (χ0n) is 20.0. The highest BCUT2D eigenvalue weighted by Crippen LogP contribution is 2.42. The van der Waals surface area contributed by atoms with Crippen molar-refractivity contribution >= 4 is 33.0 Å². The lowest BCUT2D eigenvalue weighted by atomic mass is 10.0. The molecule has 2 heterocycles. The van der Waals surface area contributed by atoms with Crippen molar-refractivity contribution in [3.63, 3.8) is 0 Å². The third kappa shape index (κ3) is 4.93. The van der Waals surface area contributed by atoms with Gasteiger partial charge in [0.25, 0.3) is 5.52 Å². The van der Waals surface area contributed by atoms with E-state index >= 15 is 0 Å². The zero-order chi connectivity index (χ0) is 25.3. The van der Waals surface area contributed by atoms with Crippen LogP contribution in [0, 0.1) is 0 Å². The first kappa shape index (κ1) is 23.9. The second kappa shape index (κ2) is 9.67. The Morgan fingerprint density at radius 3 is 2.58 bits per heavy atom. The van der Waals surface area contributed by atoms with Crippen molar-refractivity contribution < 1.29 is 31.4 Å². The number of oxazole rings is 1. The van der Waals surface area contributed by atoms with Crippen LogP contribution in [-0.2, 0) is 17.2 Å². The first-order chi connectivity index (χ1) is 17.3. The van der Waals surface area contributed by atoms with E-state index in [4.69, 9.17) is 13.9 Å². The molecule has 0 fully saturated rings. The molecule has 0 bridgehead atoms. The minimum absolute atomic E-state index is 0.265. The maximum atomic E-state index is 11.1. The Hall–Kier alpha value is -3.82. The number of fused-ring (bicyclic) bond motifs is 2. The lowest BCUT2D eigenvalue weighted by Crippen LogP contribution is -2.30. The van der Waals surface area contributed by atoms with Gasteiger partial charge in [-0.2, -0.15) is 4.57 Å². The molecule has 8 nitrogen and oxygen atoms in total. The number of methoxy groups -OCH3 is 1. The number of aryl methyl sites for hydroxylation is 1. The van der Waals surface area contributed by atoms with Crippen molar-refractivity contribution in [2.45, 2.75) is 12.8 Å². The fourth-order valence-electron chi connectivity index (χ4n) is 4.30. The first-order valence-electron chi connectivity index (χ1n) is 11.6. The second-order valence-corrected chi connectivity index (χ2v) is 10.1. The van der Waals surface area contributed by atoms with Gasteiger partial charge in [0.2, 0.25) is 11.5 Å². The molecule has 0 atom stereocenters. The number of ether oxygens (including phenoxy) is 2. The summed E-state index contributed by atoms with van der Waals surface area (Å²) in [4.78, 5) is 1.99. The van der Waals surface area contributed by atoms with Crippen LogP contribution in [0.15, 0.2) is 77.0 Å². The standard InChI is InChI=1S/C27H26N2O6S/c1-28-22-17-21(33-2)11-13-24(22)34-26(28)18-27-29(14-6-7-15-36(30,31)32)23-16-20(10-12-25(23)35-27)19-8-4-3-5-9-19/h3-5,8-13,16-18H,6-7,14-15H2,1-2H3. The molecule has 3 aromatic carbocycles. The van der Waals surface area contributed by atoms with Gasteiger partial charge in [-0.05, 0) is 48.2 Å². The van der Waals surface area contributed by atoms with Gasteiger partial charge < -0.3 is 23.3 Å². The first-order valence-corrected chi connectivity index (χ1v) is 13.2. The monoisotopic (exact) mass is 506 g/mol. The van der Waals surface area contributed by atoms with E-state index < -0.39 is 15.9 Å². The molecule has 4 aromatic rings. The third-order valence-corrected chi connectivity index (χ3v) is 6.97. The van der Waals surface area contributed by atoms with Gasteiger partial charge in [-0.15, -0.1) is 0 Å². The van der Waals surface area contributed by atoms with Crippen molar-refractivity contribution in [2.24, 2.45) is 7.05 Å². The van der Waals surface area contributed by atoms with E-state index in [-0.39, 0.29) is 6.42 Å². The van der Waals surface area contributed by atoms with Crippen LogP contribution in [0.25, 0.3) is 28.3 Å². The molecular weight excluding hydrogens is 480 g/mol. The van der Waals surface area contributed by atoms with E-state index in [0.29, 0.717) is 36.1 Å². The number of nitrogens with zero attached hydrogens (tertiary/aromatic N) is 2. The fourth-order valence-corrected chi connectivity index (χ4v) is 4.86. The van der Waals surface area contributed by atoms with Crippen LogP contribution in [0.3, 0.4) is 0 Å². The molecule has 186 valence electrons. The lowest BCUT2D eigenvalue weighted by molar-refractivity contribution is -0.652. The molecule has 1 aliphatic heterocycles. The summed E-state index contributed by atoms with van der Waals surface area (Å²) in [5, 5.41) is 0. The number of rotatable bonds is 8. The number of anilines is 1. The molecule has 1 aromatic heterocycles. The summed E-state index contributed by atoms with van der Waals surface area (Å²) in [5.74, 6) is 2.17. The van der Waals surface area contributed by atoms with Gasteiger partial charge in [-0.3, -0.25) is 0 Å². The molecule has 0 saturated heterocycles. The summed E-state index contributed by atoms with van der Waals surface area (Å²) in [6.45, 7) is 0.477. The van der Waals surface area contributed by atoms with Gasteiger partial charge in [-0.1, -0.05) is 36.4 Å². The molecule has 5 rings (SSSR count). The predicted octanol–water partition coefficient (Wildman–Crippen LogP) is 4.46. The van der Waals surface area contributed by atoms with Crippen LogP contribution in [0.1, 0.15) is 18.7 Å². The number of aromatic nitrogens is 1. The van der Waals surface area contributed by atoms with Crippen LogP contribution in [0.2, 0.25) is 0 Å². The Labute approximate surface area is 209 Å². The smallest absolute Gasteiger partial charge is 0.379 e. The van der Waals surface area contributed by atoms with Crippen molar-refractivity contribution in [1.82, 2.24) is 0 Å². The minimum Gasteiger partial charge on any atom is -0.748 e. The molecule has 0 aliphatic carbocycles. The summed E-state index contributed by atoms with van der Waals surface area (Å²) in [7, 11) is -0.736. The summed E-state index contributed by atoms with van der Waals surface area (Å²) < 4.78 is 52.8. The number of benzene rings is 3. The summed E-state index contributed by atoms with van der Waals surface area (Å²) in [6, 6.07) is 21.6. The topological polar surface area (TPSA) is 95.9 Å². The normalized spacial score (nSPS) is 14.3. The van der Waals surface area contributed by atoms with Crippen LogP contribution in [0.4, 0.5) is 5.69 Å². The average Bonchev–Trinajstić information content (AvgIpc) is 3.37. The number of hydrogen-bond donors (Lipinski definition) is 0. The fraction of sp³-hybridized carbons (Fsp3) is 0.222. The van der Waals surface area contributed by atoms with Gasteiger partial charge >= 0.3 is 5.89 Å². The third-order valence-electron chi connectivity index (χ3n) is 6.18. The quantitative estimate of drug-likeness (QED) is 0.198. The SMILES string of the molecule is COc1ccc2oc(C=C3Oc4ccc(-c5ccccc5)cc4N3CCCCS(=O)(=O)[O-])[n+](C)c2c1. The molecule has 0 saturated carbocycles. The second-order valence-electron chi connectivity index (χ2n) is 8.59.